The monoisotopic (exact) mass is 233 g/mol. The highest BCUT2D eigenvalue weighted by Gasteiger charge is 2.12. The maximum Gasteiger partial charge on any atom is 0.149 e. The van der Waals surface area contributed by atoms with E-state index in [1.165, 1.54) is 5.56 Å². The van der Waals surface area contributed by atoms with Gasteiger partial charge in [0.1, 0.15) is 5.78 Å². The van der Waals surface area contributed by atoms with Gasteiger partial charge in [-0.05, 0) is 25.5 Å². The van der Waals surface area contributed by atoms with E-state index in [1.807, 2.05) is 20.0 Å². The molecule has 0 radical (unpaired) electrons. The first-order chi connectivity index (χ1) is 8.13. The summed E-state index contributed by atoms with van der Waals surface area (Å²) in [5.74, 6) is 0.539. The minimum atomic E-state index is 0.189. The van der Waals surface area contributed by atoms with Crippen LogP contribution in [0.3, 0.4) is 0 Å². The van der Waals surface area contributed by atoms with Gasteiger partial charge in [-0.15, -0.1) is 0 Å². The molecule has 0 aromatic heterocycles. The molecule has 0 saturated heterocycles. The van der Waals surface area contributed by atoms with E-state index in [9.17, 15) is 4.79 Å². The average Bonchev–Trinajstić information content (AvgIpc) is 2.36. The predicted octanol–water partition coefficient (Wildman–Crippen LogP) is 2.78. The molecule has 0 saturated carbocycles. The Balaban J connectivity index is 2.30. The van der Waals surface area contributed by atoms with Gasteiger partial charge in [0.2, 0.25) is 0 Å². The van der Waals surface area contributed by atoms with Crippen molar-refractivity contribution in [2.45, 2.75) is 26.7 Å². The van der Waals surface area contributed by atoms with Crippen molar-refractivity contribution in [3.05, 3.63) is 35.9 Å². The van der Waals surface area contributed by atoms with Gasteiger partial charge < -0.3 is 0 Å². The van der Waals surface area contributed by atoms with Crippen LogP contribution in [0.2, 0.25) is 0 Å². The molecule has 1 atom stereocenters. The van der Waals surface area contributed by atoms with Crippen molar-refractivity contribution in [3.63, 3.8) is 0 Å². The van der Waals surface area contributed by atoms with Gasteiger partial charge in [-0.25, -0.2) is 0 Å². The van der Waals surface area contributed by atoms with Gasteiger partial charge in [-0.3, -0.25) is 9.69 Å². The summed E-state index contributed by atoms with van der Waals surface area (Å²) in [4.78, 5) is 13.9. The van der Waals surface area contributed by atoms with Gasteiger partial charge in [-0.1, -0.05) is 44.2 Å². The van der Waals surface area contributed by atoms with Crippen LogP contribution in [0, 0.1) is 5.92 Å². The highest BCUT2D eigenvalue weighted by Crippen LogP contribution is 2.04. The van der Waals surface area contributed by atoms with Gasteiger partial charge in [0.15, 0.2) is 0 Å². The molecule has 0 bridgehead atoms. The quantitative estimate of drug-likeness (QED) is 0.722. The molecule has 1 unspecified atom stereocenters. The van der Waals surface area contributed by atoms with Crippen molar-refractivity contribution in [2.75, 3.05) is 20.1 Å². The first-order valence-electron chi connectivity index (χ1n) is 6.38. The van der Waals surface area contributed by atoms with Crippen LogP contribution >= 0.6 is 0 Å². The maximum absolute atomic E-state index is 11.8. The Bertz CT molecular complexity index is 334. The van der Waals surface area contributed by atoms with Crippen LogP contribution in [0.1, 0.15) is 25.8 Å². The third kappa shape index (κ3) is 5.14. The smallest absolute Gasteiger partial charge is 0.149 e. The zero-order valence-electron chi connectivity index (χ0n) is 11.1. The van der Waals surface area contributed by atoms with Crippen molar-refractivity contribution in [2.24, 2.45) is 5.92 Å². The normalized spacial score (nSPS) is 12.7. The van der Waals surface area contributed by atoms with E-state index in [-0.39, 0.29) is 5.92 Å². The number of nitrogens with zero attached hydrogens (tertiary/aromatic N) is 1. The number of hydrogen-bond acceptors (Lipinski definition) is 2. The van der Waals surface area contributed by atoms with Crippen molar-refractivity contribution >= 4 is 5.78 Å². The number of carbonyl (C=O) groups is 1. The maximum atomic E-state index is 11.8. The second kappa shape index (κ2) is 7.23. The number of rotatable bonds is 7. The van der Waals surface area contributed by atoms with Gasteiger partial charge in [0.05, 0.1) is 6.54 Å². The minimum Gasteiger partial charge on any atom is -0.299 e. The van der Waals surface area contributed by atoms with Crippen molar-refractivity contribution in [3.8, 4) is 0 Å². The lowest BCUT2D eigenvalue weighted by molar-refractivity contribution is -0.123. The van der Waals surface area contributed by atoms with Gasteiger partial charge >= 0.3 is 0 Å². The summed E-state index contributed by atoms with van der Waals surface area (Å²) in [7, 11) is 2.02. The molecule has 0 aliphatic carbocycles. The van der Waals surface area contributed by atoms with E-state index in [2.05, 4.69) is 36.1 Å². The first-order valence-corrected chi connectivity index (χ1v) is 6.38. The third-order valence-corrected chi connectivity index (χ3v) is 3.21. The number of benzene rings is 1. The molecule has 1 aromatic carbocycles. The molecule has 1 rings (SSSR count). The van der Waals surface area contributed by atoms with Crippen LogP contribution in [0.25, 0.3) is 0 Å². The van der Waals surface area contributed by atoms with Crippen LogP contribution in [-0.4, -0.2) is 30.8 Å². The minimum absolute atomic E-state index is 0.189. The second-order valence-corrected chi connectivity index (χ2v) is 4.75. The lowest BCUT2D eigenvalue weighted by atomic mass is 10.0. The fourth-order valence-electron chi connectivity index (χ4n) is 1.69. The number of hydrogen-bond donors (Lipinski definition) is 0. The predicted molar refractivity (Wildman–Crippen MR) is 72.1 cm³/mol. The Morgan fingerprint density at radius 1 is 1.29 bits per heavy atom. The highest BCUT2D eigenvalue weighted by atomic mass is 16.1. The van der Waals surface area contributed by atoms with Crippen molar-refractivity contribution in [1.29, 1.82) is 0 Å². The standard InChI is InChI=1S/C15H23NO/c1-4-13(2)15(17)12-16(3)11-10-14-8-6-5-7-9-14/h5-9,13H,4,10-12H2,1-3H3. The Morgan fingerprint density at radius 2 is 1.94 bits per heavy atom. The topological polar surface area (TPSA) is 20.3 Å². The summed E-state index contributed by atoms with van der Waals surface area (Å²) in [5.41, 5.74) is 1.33. The Labute approximate surface area is 105 Å². The molecule has 17 heavy (non-hydrogen) atoms. The van der Waals surface area contributed by atoms with Crippen LogP contribution in [-0.2, 0) is 11.2 Å². The van der Waals surface area contributed by atoms with E-state index >= 15 is 0 Å². The fraction of sp³-hybridized carbons (Fsp3) is 0.533. The summed E-state index contributed by atoms with van der Waals surface area (Å²) in [5, 5.41) is 0. The van der Waals surface area contributed by atoms with E-state index < -0.39 is 0 Å². The van der Waals surface area contributed by atoms with E-state index in [4.69, 9.17) is 0 Å². The molecule has 0 heterocycles. The fourth-order valence-corrected chi connectivity index (χ4v) is 1.69. The van der Waals surface area contributed by atoms with Gasteiger partial charge in [-0.2, -0.15) is 0 Å². The van der Waals surface area contributed by atoms with Crippen LogP contribution in [0.15, 0.2) is 30.3 Å². The van der Waals surface area contributed by atoms with E-state index in [0.717, 1.165) is 19.4 Å². The van der Waals surface area contributed by atoms with Crippen LogP contribution in [0.5, 0.6) is 0 Å². The van der Waals surface area contributed by atoms with Crippen LogP contribution in [0.4, 0.5) is 0 Å². The average molecular weight is 233 g/mol. The Kier molecular flexibility index (Phi) is 5.92. The molecule has 2 heteroatoms. The lowest BCUT2D eigenvalue weighted by Crippen LogP contribution is -2.30. The van der Waals surface area contributed by atoms with Crippen LogP contribution < -0.4 is 0 Å². The second-order valence-electron chi connectivity index (χ2n) is 4.75. The SMILES string of the molecule is CCC(C)C(=O)CN(C)CCc1ccccc1. The zero-order valence-corrected chi connectivity index (χ0v) is 11.1. The lowest BCUT2D eigenvalue weighted by Gasteiger charge is -2.17. The Hall–Kier alpha value is -1.15. The van der Waals surface area contributed by atoms with E-state index in [1.54, 1.807) is 0 Å². The summed E-state index contributed by atoms with van der Waals surface area (Å²) in [6, 6.07) is 10.4. The molecular weight excluding hydrogens is 210 g/mol. The number of carbonyl (C=O) groups excluding carboxylic acids is 1. The molecule has 0 N–H and O–H groups in total. The van der Waals surface area contributed by atoms with Gasteiger partial charge in [0, 0.05) is 12.5 Å². The molecule has 0 amide bonds. The molecule has 0 fully saturated rings. The first kappa shape index (κ1) is 13.9. The molecule has 2 nitrogen and oxygen atoms in total. The zero-order chi connectivity index (χ0) is 12.7. The molecule has 0 aliphatic rings. The summed E-state index contributed by atoms with van der Waals surface area (Å²) < 4.78 is 0. The number of Topliss-reactive ketones (excluding diaryl/α,β-unsaturated/α-hetero) is 1. The molecule has 0 aliphatic heterocycles. The largest absolute Gasteiger partial charge is 0.299 e. The summed E-state index contributed by atoms with van der Waals surface area (Å²) in [6.07, 6.45) is 1.94. The molecule has 94 valence electrons. The molecule has 0 spiro atoms. The van der Waals surface area contributed by atoms with Crippen molar-refractivity contribution in [1.82, 2.24) is 4.90 Å². The molecular formula is C15H23NO. The third-order valence-electron chi connectivity index (χ3n) is 3.21. The molecule has 1 aromatic rings. The van der Waals surface area contributed by atoms with E-state index in [0.29, 0.717) is 12.3 Å². The van der Waals surface area contributed by atoms with Gasteiger partial charge in [0.25, 0.3) is 0 Å². The summed E-state index contributed by atoms with van der Waals surface area (Å²) in [6.45, 7) is 5.58. The number of likely N-dealkylation sites (N-methyl/N-ethyl adjacent to an activating group) is 1. The number of ketones is 1. The van der Waals surface area contributed by atoms with Crippen molar-refractivity contribution < 1.29 is 4.79 Å². The Morgan fingerprint density at radius 3 is 2.53 bits per heavy atom. The summed E-state index contributed by atoms with van der Waals surface area (Å²) >= 11 is 0. The highest BCUT2D eigenvalue weighted by molar-refractivity contribution is 5.82.